The van der Waals surface area contributed by atoms with Crippen molar-refractivity contribution in [2.45, 2.75) is 0 Å². The molecule has 2 aromatic carbocycles. The number of nitrogens with zero attached hydrogens (tertiary/aromatic N) is 1. The summed E-state index contributed by atoms with van der Waals surface area (Å²) in [6.07, 6.45) is 2.04. The second kappa shape index (κ2) is 6.96. The summed E-state index contributed by atoms with van der Waals surface area (Å²) in [5.74, 6) is 1.69. The maximum Gasteiger partial charge on any atom is 0.148 e. The number of imidazole rings is 1. The highest BCUT2D eigenvalue weighted by Crippen LogP contribution is 2.38. The van der Waals surface area contributed by atoms with E-state index in [9.17, 15) is 0 Å². The highest BCUT2D eigenvalue weighted by molar-refractivity contribution is 9.10. The molecule has 138 valence electrons. The Kier molecular flexibility index (Phi) is 4.30. The van der Waals surface area contributed by atoms with Crippen LogP contribution in [0.5, 0.6) is 5.75 Å². The molecule has 5 rings (SSSR count). The van der Waals surface area contributed by atoms with E-state index in [0.717, 1.165) is 49.0 Å². The Hall–Kier alpha value is -2.83. The molecule has 5 aromatic rings. The van der Waals surface area contributed by atoms with Gasteiger partial charge < -0.3 is 14.7 Å². The molecule has 0 aliphatic carbocycles. The molecule has 3 heterocycles. The predicted molar refractivity (Wildman–Crippen MR) is 119 cm³/mol. The van der Waals surface area contributed by atoms with Crippen LogP contribution in [0.25, 0.3) is 44.1 Å². The molecule has 0 saturated carbocycles. The quantitative estimate of drug-likeness (QED) is 0.319. The number of H-pyrrole nitrogens is 2. The summed E-state index contributed by atoms with van der Waals surface area (Å²) >= 11 is 5.20. The molecule has 0 radical (unpaired) electrons. The maximum absolute atomic E-state index is 5.31. The first-order valence-electron chi connectivity index (χ1n) is 8.78. The predicted octanol–water partition coefficient (Wildman–Crippen LogP) is 6.72. The van der Waals surface area contributed by atoms with Gasteiger partial charge in [-0.15, -0.1) is 11.3 Å². The minimum absolute atomic E-state index is 0.829. The van der Waals surface area contributed by atoms with Crippen molar-refractivity contribution in [3.63, 3.8) is 0 Å². The number of hydrogen-bond acceptors (Lipinski definition) is 3. The zero-order valence-corrected chi connectivity index (χ0v) is 17.4. The van der Waals surface area contributed by atoms with Crippen LogP contribution >= 0.6 is 27.3 Å². The fraction of sp³-hybridized carbons (Fsp3) is 0.0455. The van der Waals surface area contributed by atoms with Crippen molar-refractivity contribution in [3.8, 4) is 39.0 Å². The van der Waals surface area contributed by atoms with Crippen molar-refractivity contribution in [1.29, 1.82) is 0 Å². The summed E-state index contributed by atoms with van der Waals surface area (Å²) < 4.78 is 6.36. The number of halogens is 1. The van der Waals surface area contributed by atoms with Crippen LogP contribution in [0.3, 0.4) is 0 Å². The molecule has 3 aromatic heterocycles. The minimum Gasteiger partial charge on any atom is -0.497 e. The average molecular weight is 450 g/mol. The lowest BCUT2D eigenvalue weighted by Crippen LogP contribution is -1.85. The maximum atomic E-state index is 5.31. The molecule has 2 N–H and O–H groups in total. The van der Waals surface area contributed by atoms with Crippen LogP contribution in [0.1, 0.15) is 0 Å². The number of aromatic amines is 2. The second-order valence-electron chi connectivity index (χ2n) is 6.41. The van der Waals surface area contributed by atoms with Gasteiger partial charge in [0.1, 0.15) is 11.6 Å². The van der Waals surface area contributed by atoms with Gasteiger partial charge in [0.25, 0.3) is 0 Å². The van der Waals surface area contributed by atoms with E-state index in [2.05, 4.69) is 55.5 Å². The van der Waals surface area contributed by atoms with E-state index < -0.39 is 0 Å². The standard InChI is InChI=1S/C22H16BrN3OS/c1-27-15-8-6-13(7-9-15)20-21(17-11-24-18-5-3-2-4-16(17)18)26-22(25-20)19-10-14(23)12-28-19/h2-12,24H,1H3,(H,25,26). The molecule has 0 spiro atoms. The highest BCUT2D eigenvalue weighted by Gasteiger charge is 2.18. The third kappa shape index (κ3) is 2.95. The van der Waals surface area contributed by atoms with Crippen molar-refractivity contribution in [1.82, 2.24) is 15.0 Å². The molecule has 0 amide bonds. The van der Waals surface area contributed by atoms with Crippen LogP contribution in [0.2, 0.25) is 0 Å². The Bertz CT molecular complexity index is 1270. The van der Waals surface area contributed by atoms with Crippen molar-refractivity contribution in [3.05, 3.63) is 70.6 Å². The topological polar surface area (TPSA) is 53.7 Å². The summed E-state index contributed by atoms with van der Waals surface area (Å²) in [5.41, 5.74) is 5.18. The van der Waals surface area contributed by atoms with Gasteiger partial charge in [-0.3, -0.25) is 0 Å². The summed E-state index contributed by atoms with van der Waals surface area (Å²) in [6, 6.07) is 18.4. The van der Waals surface area contributed by atoms with Gasteiger partial charge in [-0.25, -0.2) is 4.98 Å². The van der Waals surface area contributed by atoms with E-state index in [0.29, 0.717) is 0 Å². The monoisotopic (exact) mass is 449 g/mol. The molecule has 0 aliphatic heterocycles. The summed E-state index contributed by atoms with van der Waals surface area (Å²) in [5, 5.41) is 3.23. The van der Waals surface area contributed by atoms with Crippen molar-refractivity contribution in [2.75, 3.05) is 7.11 Å². The first-order chi connectivity index (χ1) is 13.7. The second-order valence-corrected chi connectivity index (χ2v) is 8.24. The van der Waals surface area contributed by atoms with Gasteiger partial charge in [0.2, 0.25) is 0 Å². The number of ether oxygens (including phenoxy) is 1. The normalized spacial score (nSPS) is 11.2. The Morgan fingerprint density at radius 3 is 2.64 bits per heavy atom. The van der Waals surface area contributed by atoms with E-state index in [1.807, 2.05) is 36.5 Å². The smallest absolute Gasteiger partial charge is 0.148 e. The first kappa shape index (κ1) is 17.3. The summed E-state index contributed by atoms with van der Waals surface area (Å²) in [4.78, 5) is 13.0. The number of methoxy groups -OCH3 is 1. The molecule has 0 fully saturated rings. The number of aromatic nitrogens is 3. The largest absolute Gasteiger partial charge is 0.497 e. The van der Waals surface area contributed by atoms with Crippen LogP contribution in [-0.4, -0.2) is 22.1 Å². The Balaban J connectivity index is 1.72. The van der Waals surface area contributed by atoms with E-state index in [4.69, 9.17) is 9.72 Å². The van der Waals surface area contributed by atoms with E-state index in [1.165, 1.54) is 5.39 Å². The number of thiophene rings is 1. The zero-order chi connectivity index (χ0) is 19.1. The van der Waals surface area contributed by atoms with E-state index in [1.54, 1.807) is 18.4 Å². The van der Waals surface area contributed by atoms with Gasteiger partial charge in [0.15, 0.2) is 0 Å². The van der Waals surface area contributed by atoms with Crippen LogP contribution in [0.15, 0.2) is 70.6 Å². The molecule has 6 heteroatoms. The van der Waals surface area contributed by atoms with Crippen LogP contribution < -0.4 is 4.74 Å². The van der Waals surface area contributed by atoms with Crippen molar-refractivity contribution < 1.29 is 4.74 Å². The number of hydrogen-bond donors (Lipinski definition) is 2. The number of fused-ring (bicyclic) bond motifs is 1. The van der Waals surface area contributed by atoms with Gasteiger partial charge in [-0.1, -0.05) is 18.2 Å². The van der Waals surface area contributed by atoms with Crippen molar-refractivity contribution >= 4 is 38.2 Å². The molecule has 0 unspecified atom stereocenters. The lowest BCUT2D eigenvalue weighted by Gasteiger charge is -2.04. The van der Waals surface area contributed by atoms with Crippen LogP contribution in [-0.2, 0) is 0 Å². The fourth-order valence-corrected chi connectivity index (χ4v) is 4.73. The third-order valence-corrected chi connectivity index (χ3v) is 6.42. The van der Waals surface area contributed by atoms with Gasteiger partial charge in [-0.05, 0) is 52.3 Å². The first-order valence-corrected chi connectivity index (χ1v) is 10.5. The van der Waals surface area contributed by atoms with Crippen molar-refractivity contribution in [2.24, 2.45) is 0 Å². The molecule has 0 saturated heterocycles. The van der Waals surface area contributed by atoms with Gasteiger partial charge >= 0.3 is 0 Å². The molecule has 0 aliphatic rings. The molecule has 4 nitrogen and oxygen atoms in total. The Morgan fingerprint density at radius 1 is 1.07 bits per heavy atom. The number of benzene rings is 2. The third-order valence-electron chi connectivity index (χ3n) is 4.73. The highest BCUT2D eigenvalue weighted by atomic mass is 79.9. The lowest BCUT2D eigenvalue weighted by molar-refractivity contribution is 0.415. The van der Waals surface area contributed by atoms with E-state index >= 15 is 0 Å². The lowest BCUT2D eigenvalue weighted by atomic mass is 10.0. The Morgan fingerprint density at radius 2 is 1.89 bits per heavy atom. The summed E-state index contributed by atoms with van der Waals surface area (Å²) in [7, 11) is 1.67. The summed E-state index contributed by atoms with van der Waals surface area (Å²) in [6.45, 7) is 0. The van der Waals surface area contributed by atoms with E-state index in [-0.39, 0.29) is 0 Å². The minimum atomic E-state index is 0.829. The fourth-order valence-electron chi connectivity index (χ4n) is 3.36. The molecule has 28 heavy (non-hydrogen) atoms. The SMILES string of the molecule is COc1ccc(-c2nc(-c3cc(Br)cs3)[nH]c2-c2c[nH]c3ccccc23)cc1. The van der Waals surface area contributed by atoms with Crippen LogP contribution in [0, 0.1) is 0 Å². The number of rotatable bonds is 4. The molecule has 0 bridgehead atoms. The van der Waals surface area contributed by atoms with Gasteiger partial charge in [-0.2, -0.15) is 0 Å². The molecular weight excluding hydrogens is 434 g/mol. The van der Waals surface area contributed by atoms with Gasteiger partial charge in [0, 0.05) is 38.1 Å². The number of para-hydroxylation sites is 1. The van der Waals surface area contributed by atoms with Gasteiger partial charge in [0.05, 0.1) is 23.4 Å². The molecule has 0 atom stereocenters. The zero-order valence-electron chi connectivity index (χ0n) is 15.0. The van der Waals surface area contributed by atoms with Crippen LogP contribution in [0.4, 0.5) is 0 Å². The average Bonchev–Trinajstić information content (AvgIpc) is 3.45. The molecular formula is C22H16BrN3OS. The number of nitrogens with one attached hydrogen (secondary N) is 2. The Labute approximate surface area is 174 Å².